The van der Waals surface area contributed by atoms with Crippen LogP contribution in [0.2, 0.25) is 0 Å². The van der Waals surface area contributed by atoms with Crippen LogP contribution in [-0.4, -0.2) is 50.2 Å². The lowest BCUT2D eigenvalue weighted by Crippen LogP contribution is -2.40. The molecule has 1 aromatic carbocycles. The third-order valence-electron chi connectivity index (χ3n) is 3.84. The normalized spacial score (nSPS) is 11.5. The first-order valence-electron chi connectivity index (χ1n) is 8.16. The van der Waals surface area contributed by atoms with E-state index in [1.807, 2.05) is 13.8 Å². The zero-order valence-corrected chi connectivity index (χ0v) is 15.1. The summed E-state index contributed by atoms with van der Waals surface area (Å²) in [4.78, 5) is 26.2. The molecular weight excluding hydrogens is 310 g/mol. The number of hydrogen-bond acceptors (Lipinski definition) is 5. The first kappa shape index (κ1) is 19.8. The highest BCUT2D eigenvalue weighted by atomic mass is 16.5. The van der Waals surface area contributed by atoms with Gasteiger partial charge < -0.3 is 19.1 Å². The molecule has 0 heterocycles. The van der Waals surface area contributed by atoms with Gasteiger partial charge in [0.1, 0.15) is 11.5 Å². The summed E-state index contributed by atoms with van der Waals surface area (Å²) in [6, 6.07) is 5.06. The second-order valence-corrected chi connectivity index (χ2v) is 5.41. The number of methoxy groups -OCH3 is 2. The van der Waals surface area contributed by atoms with Gasteiger partial charge >= 0.3 is 5.97 Å². The van der Waals surface area contributed by atoms with E-state index in [4.69, 9.17) is 14.2 Å². The summed E-state index contributed by atoms with van der Waals surface area (Å²) in [5.41, 5.74) is 0.468. The van der Waals surface area contributed by atoms with Crippen molar-refractivity contribution in [3.8, 4) is 11.5 Å². The van der Waals surface area contributed by atoms with Gasteiger partial charge in [-0.15, -0.1) is 0 Å². The predicted molar refractivity (Wildman–Crippen MR) is 91.6 cm³/mol. The van der Waals surface area contributed by atoms with Crippen molar-refractivity contribution >= 4 is 11.9 Å². The molecule has 0 aromatic heterocycles. The molecule has 0 saturated carbocycles. The molecule has 1 aromatic rings. The molecule has 0 radical (unpaired) electrons. The van der Waals surface area contributed by atoms with Gasteiger partial charge in [-0.05, 0) is 32.4 Å². The molecule has 0 aliphatic rings. The first-order chi connectivity index (χ1) is 11.5. The fourth-order valence-corrected chi connectivity index (χ4v) is 2.28. The maximum atomic E-state index is 12.9. The molecule has 0 fully saturated rings. The number of nitrogens with zero attached hydrogens (tertiary/aromatic N) is 1. The minimum Gasteiger partial charge on any atom is -0.497 e. The van der Waals surface area contributed by atoms with Gasteiger partial charge in [0.2, 0.25) is 0 Å². The number of carbonyl (C=O) groups excluding carboxylic acids is 2. The van der Waals surface area contributed by atoms with Crippen LogP contribution < -0.4 is 9.47 Å². The second kappa shape index (κ2) is 9.80. The van der Waals surface area contributed by atoms with Crippen LogP contribution in [0.5, 0.6) is 11.5 Å². The topological polar surface area (TPSA) is 65.1 Å². The minimum atomic E-state index is -0.304. The van der Waals surface area contributed by atoms with E-state index in [-0.39, 0.29) is 24.3 Å². The highest BCUT2D eigenvalue weighted by Crippen LogP contribution is 2.24. The van der Waals surface area contributed by atoms with Crippen LogP contribution in [0, 0.1) is 0 Å². The lowest BCUT2D eigenvalue weighted by Gasteiger charge is -2.28. The van der Waals surface area contributed by atoms with E-state index >= 15 is 0 Å². The van der Waals surface area contributed by atoms with Gasteiger partial charge in [-0.1, -0.05) is 6.92 Å². The Morgan fingerprint density at radius 3 is 2.12 bits per heavy atom. The Bertz CT molecular complexity index is 536. The average molecular weight is 337 g/mol. The number of esters is 1. The number of rotatable bonds is 9. The quantitative estimate of drug-likeness (QED) is 0.648. The molecule has 24 heavy (non-hydrogen) atoms. The van der Waals surface area contributed by atoms with Crippen LogP contribution in [-0.2, 0) is 9.53 Å². The molecule has 1 amide bonds. The summed E-state index contributed by atoms with van der Waals surface area (Å²) in [6.07, 6.45) is 0.959. The average Bonchev–Trinajstić information content (AvgIpc) is 2.60. The molecule has 6 nitrogen and oxygen atoms in total. The molecular formula is C18H27NO5. The van der Waals surface area contributed by atoms with Gasteiger partial charge in [0.05, 0.1) is 27.2 Å². The van der Waals surface area contributed by atoms with Crippen molar-refractivity contribution in [2.45, 2.75) is 39.7 Å². The molecule has 0 N–H and O–H groups in total. The van der Waals surface area contributed by atoms with Crippen molar-refractivity contribution in [1.29, 1.82) is 0 Å². The standard InChI is InChI=1S/C18H27NO5/c1-6-13(3)19(9-8-17(20)24-7-2)18(21)14-10-15(22-4)12-16(11-14)23-5/h10-13H,6-9H2,1-5H3. The molecule has 6 heteroatoms. The largest absolute Gasteiger partial charge is 0.497 e. The van der Waals surface area contributed by atoms with Crippen LogP contribution in [0.3, 0.4) is 0 Å². The summed E-state index contributed by atoms with van der Waals surface area (Å²) in [5, 5.41) is 0. The fourth-order valence-electron chi connectivity index (χ4n) is 2.28. The predicted octanol–water partition coefficient (Wildman–Crippen LogP) is 2.90. The van der Waals surface area contributed by atoms with E-state index in [9.17, 15) is 9.59 Å². The van der Waals surface area contributed by atoms with E-state index in [1.165, 1.54) is 14.2 Å². The van der Waals surface area contributed by atoms with E-state index < -0.39 is 0 Å². The molecule has 0 bridgehead atoms. The maximum Gasteiger partial charge on any atom is 0.307 e. The lowest BCUT2D eigenvalue weighted by atomic mass is 10.1. The Morgan fingerprint density at radius 1 is 1.08 bits per heavy atom. The molecule has 1 rings (SSSR count). The Morgan fingerprint density at radius 2 is 1.67 bits per heavy atom. The molecule has 0 aliphatic heterocycles. The zero-order valence-electron chi connectivity index (χ0n) is 15.1. The third-order valence-corrected chi connectivity index (χ3v) is 3.84. The molecule has 0 spiro atoms. The molecule has 134 valence electrons. The van der Waals surface area contributed by atoms with Crippen molar-refractivity contribution in [1.82, 2.24) is 4.90 Å². The Balaban J connectivity index is 3.01. The Labute approximate surface area is 143 Å². The van der Waals surface area contributed by atoms with Crippen molar-refractivity contribution in [3.05, 3.63) is 23.8 Å². The molecule has 0 aliphatic carbocycles. The lowest BCUT2D eigenvalue weighted by molar-refractivity contribution is -0.143. The SMILES string of the molecule is CCOC(=O)CCN(C(=O)c1cc(OC)cc(OC)c1)C(C)CC. The van der Waals surface area contributed by atoms with Gasteiger partial charge in [0, 0.05) is 24.2 Å². The number of benzene rings is 1. The maximum absolute atomic E-state index is 12.9. The van der Waals surface area contributed by atoms with Gasteiger partial charge in [0.15, 0.2) is 0 Å². The molecule has 1 unspecified atom stereocenters. The zero-order chi connectivity index (χ0) is 18.1. The summed E-state index contributed by atoms with van der Waals surface area (Å²) in [6.45, 7) is 6.37. The fraction of sp³-hybridized carbons (Fsp3) is 0.556. The number of ether oxygens (including phenoxy) is 3. The van der Waals surface area contributed by atoms with Crippen molar-refractivity contribution in [3.63, 3.8) is 0 Å². The van der Waals surface area contributed by atoms with Gasteiger partial charge in [-0.3, -0.25) is 9.59 Å². The Hall–Kier alpha value is -2.24. The highest BCUT2D eigenvalue weighted by molar-refractivity contribution is 5.95. The smallest absolute Gasteiger partial charge is 0.307 e. The summed E-state index contributed by atoms with van der Waals surface area (Å²) < 4.78 is 15.4. The summed E-state index contributed by atoms with van der Waals surface area (Å²) in [7, 11) is 3.08. The van der Waals surface area contributed by atoms with Crippen molar-refractivity contribution in [2.24, 2.45) is 0 Å². The second-order valence-electron chi connectivity index (χ2n) is 5.41. The summed E-state index contributed by atoms with van der Waals surface area (Å²) >= 11 is 0. The molecule has 1 atom stereocenters. The molecule has 0 saturated heterocycles. The highest BCUT2D eigenvalue weighted by Gasteiger charge is 2.22. The van der Waals surface area contributed by atoms with E-state index in [2.05, 4.69) is 0 Å². The number of hydrogen-bond donors (Lipinski definition) is 0. The number of amides is 1. The number of carbonyl (C=O) groups is 2. The van der Waals surface area contributed by atoms with Gasteiger partial charge in [-0.2, -0.15) is 0 Å². The van der Waals surface area contributed by atoms with Gasteiger partial charge in [-0.25, -0.2) is 0 Å². The van der Waals surface area contributed by atoms with Crippen molar-refractivity contribution in [2.75, 3.05) is 27.4 Å². The van der Waals surface area contributed by atoms with Crippen LogP contribution in [0.15, 0.2) is 18.2 Å². The van der Waals surface area contributed by atoms with Crippen molar-refractivity contribution < 1.29 is 23.8 Å². The van der Waals surface area contributed by atoms with Gasteiger partial charge in [0.25, 0.3) is 5.91 Å². The minimum absolute atomic E-state index is 0.00382. The monoisotopic (exact) mass is 337 g/mol. The van der Waals surface area contributed by atoms with Crippen LogP contribution in [0.1, 0.15) is 44.0 Å². The Kier molecular flexibility index (Phi) is 8.09. The van der Waals surface area contributed by atoms with E-state index in [1.54, 1.807) is 30.0 Å². The summed E-state index contributed by atoms with van der Waals surface area (Å²) in [5.74, 6) is 0.632. The van der Waals surface area contributed by atoms with Crippen LogP contribution in [0.25, 0.3) is 0 Å². The van der Waals surface area contributed by atoms with E-state index in [0.29, 0.717) is 30.2 Å². The first-order valence-corrected chi connectivity index (χ1v) is 8.16. The van der Waals surface area contributed by atoms with Crippen LogP contribution >= 0.6 is 0 Å². The van der Waals surface area contributed by atoms with Crippen LogP contribution in [0.4, 0.5) is 0 Å². The van der Waals surface area contributed by atoms with E-state index in [0.717, 1.165) is 6.42 Å². The third kappa shape index (κ3) is 5.44.